The van der Waals surface area contributed by atoms with Crippen molar-refractivity contribution in [1.82, 2.24) is 0 Å². The maximum atomic E-state index is 13.2. The van der Waals surface area contributed by atoms with Crippen molar-refractivity contribution in [3.8, 4) is 0 Å². The number of carbonyl (C=O) groups excluding carboxylic acids is 1. The second-order valence-corrected chi connectivity index (χ2v) is 19.3. The van der Waals surface area contributed by atoms with Gasteiger partial charge < -0.3 is 50.0 Å². The molecule has 1 heterocycles. The van der Waals surface area contributed by atoms with Crippen LogP contribution in [-0.4, -0.2) is 110 Å². The molecule has 16 unspecified atom stereocenters. The molecule has 6 aliphatic rings. The summed E-state index contributed by atoms with van der Waals surface area (Å²) in [4.78, 5) is 25.0. The summed E-state index contributed by atoms with van der Waals surface area (Å²) in [6.07, 6.45) is -1.50. The van der Waals surface area contributed by atoms with Crippen LogP contribution in [0.5, 0.6) is 0 Å². The molecule has 0 aromatic carbocycles. The van der Waals surface area contributed by atoms with E-state index in [2.05, 4.69) is 40.7 Å². The summed E-state index contributed by atoms with van der Waals surface area (Å²) >= 11 is 0. The third kappa shape index (κ3) is 5.82. The molecule has 16 atom stereocenters. The van der Waals surface area contributed by atoms with Crippen molar-refractivity contribution in [2.75, 3.05) is 13.2 Å². The lowest BCUT2D eigenvalue weighted by Crippen LogP contribution is -2.70. The lowest BCUT2D eigenvalue weighted by Gasteiger charge is -2.72. The highest BCUT2D eigenvalue weighted by Crippen LogP contribution is 2.76. The Balaban J connectivity index is 1.33. The van der Waals surface area contributed by atoms with Crippen molar-refractivity contribution in [3.63, 3.8) is 0 Å². The molecule has 53 heavy (non-hydrogen) atoms. The van der Waals surface area contributed by atoms with Crippen LogP contribution in [0.4, 0.5) is 0 Å². The van der Waals surface area contributed by atoms with Crippen LogP contribution in [0.1, 0.15) is 107 Å². The molecule has 5 aliphatic carbocycles. The van der Waals surface area contributed by atoms with Gasteiger partial charge in [0.15, 0.2) is 12.4 Å². The van der Waals surface area contributed by atoms with Crippen LogP contribution < -0.4 is 0 Å². The number of aliphatic hydroxyl groups excluding tert-OH is 6. The van der Waals surface area contributed by atoms with E-state index in [1.807, 2.05) is 6.92 Å². The van der Waals surface area contributed by atoms with E-state index in [-0.39, 0.29) is 47.2 Å². The first-order valence-corrected chi connectivity index (χ1v) is 19.6. The molecule has 0 radical (unpaired) electrons. The summed E-state index contributed by atoms with van der Waals surface area (Å²) in [5.74, 6) is -1.97. The van der Waals surface area contributed by atoms with Gasteiger partial charge in [0.05, 0.1) is 30.8 Å². The number of aliphatic carboxylic acids is 1. The SMILES string of the molecule is CC=C(C)C(=O)OC1CC(C)(C)CC2C3=CCC4C5(C)CCC(OC6OC(C(=O)O)C(O)C(O)C6O)C(C)(CO)C5CCC4(C)C3(C)CC(O)C12CO. The van der Waals surface area contributed by atoms with Crippen molar-refractivity contribution in [2.24, 2.45) is 50.2 Å². The van der Waals surface area contributed by atoms with Crippen LogP contribution in [0.3, 0.4) is 0 Å². The van der Waals surface area contributed by atoms with Crippen molar-refractivity contribution in [3.05, 3.63) is 23.3 Å². The largest absolute Gasteiger partial charge is 0.479 e. The number of rotatable bonds is 7. The third-order valence-corrected chi connectivity index (χ3v) is 16.3. The molecular weight excluding hydrogens is 684 g/mol. The summed E-state index contributed by atoms with van der Waals surface area (Å²) in [6, 6.07) is 0. The van der Waals surface area contributed by atoms with Crippen molar-refractivity contribution in [1.29, 1.82) is 0 Å². The number of carbonyl (C=O) groups is 2. The molecule has 0 spiro atoms. The van der Waals surface area contributed by atoms with Gasteiger partial charge in [0.2, 0.25) is 0 Å². The number of hydrogen-bond acceptors (Lipinski definition) is 11. The second-order valence-electron chi connectivity index (χ2n) is 19.3. The molecular formula is C41H64O12. The Kier molecular flexibility index (Phi) is 10.5. The molecule has 6 rings (SSSR count). The Bertz CT molecular complexity index is 1510. The van der Waals surface area contributed by atoms with Gasteiger partial charge in [0.1, 0.15) is 24.4 Å². The summed E-state index contributed by atoms with van der Waals surface area (Å²) in [5.41, 5.74) is -1.29. The van der Waals surface area contributed by atoms with Gasteiger partial charge in [-0.1, -0.05) is 59.3 Å². The van der Waals surface area contributed by atoms with Gasteiger partial charge in [-0.05, 0) is 105 Å². The van der Waals surface area contributed by atoms with Gasteiger partial charge >= 0.3 is 11.9 Å². The summed E-state index contributed by atoms with van der Waals surface area (Å²) in [7, 11) is 0. The number of carboxylic acid groups (broad SMARTS) is 1. The molecule has 0 amide bonds. The molecule has 5 fully saturated rings. The van der Waals surface area contributed by atoms with E-state index in [1.165, 1.54) is 5.57 Å². The standard InChI is InChI=1S/C41H64O12/c1-9-21(2)34(50)51-28-18-36(3,4)16-23-22-10-11-25-37(5)14-13-27(52-35-31(47)29(45)30(46)32(53-35)33(48)49)38(6,19-42)24(37)12-15-39(25,7)40(22,8)17-26(44)41(23,28)20-43/h9-10,23-32,35,42-47H,11-20H2,1-8H3,(H,48,49). The van der Waals surface area contributed by atoms with Crippen LogP contribution in [0.2, 0.25) is 0 Å². The zero-order valence-corrected chi connectivity index (χ0v) is 32.7. The predicted molar refractivity (Wildman–Crippen MR) is 193 cm³/mol. The van der Waals surface area contributed by atoms with Crippen molar-refractivity contribution >= 4 is 11.9 Å². The Morgan fingerprint density at radius 2 is 1.57 bits per heavy atom. The fourth-order valence-corrected chi connectivity index (χ4v) is 12.9. The average molecular weight is 749 g/mol. The van der Waals surface area contributed by atoms with Gasteiger partial charge in [-0.15, -0.1) is 0 Å². The summed E-state index contributed by atoms with van der Waals surface area (Å²) in [6.45, 7) is 16.3. The minimum Gasteiger partial charge on any atom is -0.479 e. The molecule has 1 aliphatic heterocycles. The minimum atomic E-state index is -1.83. The maximum absolute atomic E-state index is 13.2. The van der Waals surface area contributed by atoms with E-state index < -0.39 is 77.2 Å². The van der Waals surface area contributed by atoms with Crippen LogP contribution in [0, 0.1) is 50.2 Å². The molecule has 1 saturated heterocycles. The molecule has 4 saturated carbocycles. The number of allylic oxidation sites excluding steroid dienone is 3. The minimum absolute atomic E-state index is 0.0285. The van der Waals surface area contributed by atoms with E-state index >= 15 is 0 Å². The smallest absolute Gasteiger partial charge is 0.335 e. The molecule has 0 aromatic heterocycles. The van der Waals surface area contributed by atoms with Gasteiger partial charge in [0, 0.05) is 11.0 Å². The Morgan fingerprint density at radius 3 is 2.17 bits per heavy atom. The van der Waals surface area contributed by atoms with E-state index in [0.29, 0.717) is 24.8 Å². The number of ether oxygens (including phenoxy) is 3. The number of hydrogen-bond donors (Lipinski definition) is 7. The van der Waals surface area contributed by atoms with Crippen molar-refractivity contribution in [2.45, 2.75) is 156 Å². The second kappa shape index (κ2) is 13.6. The highest BCUT2D eigenvalue weighted by Gasteiger charge is 2.72. The van der Waals surface area contributed by atoms with Crippen LogP contribution in [0.25, 0.3) is 0 Å². The number of fused-ring (bicyclic) bond motifs is 7. The third-order valence-electron chi connectivity index (χ3n) is 16.3. The van der Waals surface area contributed by atoms with Crippen LogP contribution in [-0.2, 0) is 23.8 Å². The number of esters is 1. The highest BCUT2D eigenvalue weighted by molar-refractivity contribution is 5.87. The first kappa shape index (κ1) is 40.8. The zero-order valence-electron chi connectivity index (χ0n) is 32.7. The maximum Gasteiger partial charge on any atom is 0.335 e. The normalized spacial score (nSPS) is 50.8. The molecule has 300 valence electrons. The molecule has 12 heteroatoms. The lowest BCUT2D eigenvalue weighted by atomic mass is 9.33. The van der Waals surface area contributed by atoms with E-state index in [9.17, 15) is 45.3 Å². The van der Waals surface area contributed by atoms with E-state index in [1.54, 1.807) is 19.9 Å². The molecule has 7 N–H and O–H groups in total. The lowest BCUT2D eigenvalue weighted by molar-refractivity contribution is -0.327. The van der Waals surface area contributed by atoms with Gasteiger partial charge in [0.25, 0.3) is 0 Å². The number of aliphatic hydroxyl groups is 6. The molecule has 12 nitrogen and oxygen atoms in total. The van der Waals surface area contributed by atoms with Gasteiger partial charge in [-0.3, -0.25) is 0 Å². The first-order valence-electron chi connectivity index (χ1n) is 19.6. The van der Waals surface area contributed by atoms with Crippen molar-refractivity contribution < 1.29 is 59.5 Å². The van der Waals surface area contributed by atoms with Gasteiger partial charge in [-0.2, -0.15) is 0 Å². The Morgan fingerprint density at radius 1 is 0.887 bits per heavy atom. The first-order chi connectivity index (χ1) is 24.6. The zero-order chi connectivity index (χ0) is 39.3. The quantitative estimate of drug-likeness (QED) is 0.0866. The number of carboxylic acids is 1. The summed E-state index contributed by atoms with van der Waals surface area (Å²) in [5, 5.41) is 75.8. The fourth-order valence-electron chi connectivity index (χ4n) is 12.9. The van der Waals surface area contributed by atoms with Crippen LogP contribution in [0.15, 0.2) is 23.3 Å². The average Bonchev–Trinajstić information content (AvgIpc) is 3.08. The molecule has 0 aromatic rings. The Hall–Kier alpha value is -1.90. The molecule has 0 bridgehead atoms. The van der Waals surface area contributed by atoms with E-state index in [4.69, 9.17) is 14.2 Å². The Labute approximate surface area is 313 Å². The van der Waals surface area contributed by atoms with Crippen LogP contribution >= 0.6 is 0 Å². The summed E-state index contributed by atoms with van der Waals surface area (Å²) < 4.78 is 18.0. The predicted octanol–water partition coefficient (Wildman–Crippen LogP) is 3.49. The monoisotopic (exact) mass is 748 g/mol. The topological polar surface area (TPSA) is 203 Å². The highest BCUT2D eigenvalue weighted by atomic mass is 16.7. The van der Waals surface area contributed by atoms with Gasteiger partial charge in [-0.25, -0.2) is 9.59 Å². The fraction of sp³-hybridized carbons (Fsp3) is 0.854. The van der Waals surface area contributed by atoms with E-state index in [0.717, 1.165) is 32.1 Å².